The van der Waals surface area contributed by atoms with E-state index < -0.39 is 5.60 Å². The highest BCUT2D eigenvalue weighted by molar-refractivity contribution is 5.86. The Balaban J connectivity index is 1.89. The van der Waals surface area contributed by atoms with Crippen molar-refractivity contribution in [1.29, 1.82) is 0 Å². The van der Waals surface area contributed by atoms with E-state index in [0.29, 0.717) is 13.1 Å². The Bertz CT molecular complexity index is 697. The minimum absolute atomic E-state index is 0.235. The van der Waals surface area contributed by atoms with Gasteiger partial charge in [0.2, 0.25) is 0 Å². The van der Waals surface area contributed by atoms with Gasteiger partial charge in [-0.25, -0.2) is 4.79 Å². The van der Waals surface area contributed by atoms with Crippen LogP contribution in [0.15, 0.2) is 18.2 Å². The van der Waals surface area contributed by atoms with Gasteiger partial charge >= 0.3 is 6.09 Å². The van der Waals surface area contributed by atoms with Gasteiger partial charge in [-0.15, -0.1) is 0 Å². The van der Waals surface area contributed by atoms with Crippen LogP contribution in [-0.2, 0) is 17.7 Å². The molecular weight excluding hydrogens is 268 g/mol. The van der Waals surface area contributed by atoms with Crippen molar-refractivity contribution in [2.24, 2.45) is 0 Å². The molecule has 1 aliphatic rings. The first-order valence-electron chi connectivity index (χ1n) is 7.14. The maximum absolute atomic E-state index is 12.2. The van der Waals surface area contributed by atoms with Gasteiger partial charge in [0, 0.05) is 35.1 Å². The highest BCUT2D eigenvalue weighted by atomic mass is 16.6. The Morgan fingerprint density at radius 2 is 2.14 bits per heavy atom. The van der Waals surface area contributed by atoms with E-state index in [1.165, 1.54) is 0 Å². The average molecular weight is 288 g/mol. The first-order valence-corrected chi connectivity index (χ1v) is 7.14. The van der Waals surface area contributed by atoms with Gasteiger partial charge in [0.1, 0.15) is 11.4 Å². The largest absolute Gasteiger partial charge is 0.508 e. The van der Waals surface area contributed by atoms with E-state index in [1.54, 1.807) is 17.0 Å². The number of benzene rings is 1. The summed E-state index contributed by atoms with van der Waals surface area (Å²) in [7, 11) is 0. The molecule has 1 aromatic heterocycles. The molecule has 5 nitrogen and oxygen atoms in total. The molecule has 5 heteroatoms. The Hall–Kier alpha value is -2.17. The van der Waals surface area contributed by atoms with Gasteiger partial charge in [-0.05, 0) is 39.0 Å². The van der Waals surface area contributed by atoms with E-state index >= 15 is 0 Å². The number of carbonyl (C=O) groups excluding carboxylic acids is 1. The molecule has 2 heterocycles. The molecule has 0 unspecified atom stereocenters. The summed E-state index contributed by atoms with van der Waals surface area (Å²) in [5, 5.41) is 10.6. The minimum atomic E-state index is -0.490. The maximum atomic E-state index is 12.2. The number of ether oxygens (including phenoxy) is 1. The molecule has 1 amide bonds. The number of aromatic hydroxyl groups is 1. The van der Waals surface area contributed by atoms with E-state index in [9.17, 15) is 9.90 Å². The van der Waals surface area contributed by atoms with Crippen molar-refractivity contribution in [2.75, 3.05) is 6.54 Å². The number of nitrogens with zero attached hydrogens (tertiary/aromatic N) is 1. The summed E-state index contributed by atoms with van der Waals surface area (Å²) in [4.78, 5) is 17.3. The molecule has 0 spiro atoms. The summed E-state index contributed by atoms with van der Waals surface area (Å²) < 4.78 is 5.43. The van der Waals surface area contributed by atoms with E-state index in [4.69, 9.17) is 4.74 Å². The van der Waals surface area contributed by atoms with Gasteiger partial charge in [0.15, 0.2) is 0 Å². The standard InChI is InChI=1S/C16H20N2O3/c1-16(2,3)21-15(20)18-7-6-14-12(9-18)11-8-10(19)4-5-13(11)17-14/h4-5,8,17,19H,6-7,9H2,1-3H3. The molecule has 0 saturated carbocycles. The van der Waals surface area contributed by atoms with Crippen molar-refractivity contribution in [3.63, 3.8) is 0 Å². The molecular formula is C16H20N2O3. The van der Waals surface area contributed by atoms with Crippen LogP contribution >= 0.6 is 0 Å². The lowest BCUT2D eigenvalue weighted by molar-refractivity contribution is 0.0224. The van der Waals surface area contributed by atoms with Crippen molar-refractivity contribution >= 4 is 17.0 Å². The van der Waals surface area contributed by atoms with Gasteiger partial charge < -0.3 is 19.7 Å². The molecule has 0 radical (unpaired) electrons. The highest BCUT2D eigenvalue weighted by Gasteiger charge is 2.27. The Morgan fingerprint density at radius 3 is 2.86 bits per heavy atom. The maximum Gasteiger partial charge on any atom is 0.410 e. The van der Waals surface area contributed by atoms with Crippen LogP contribution in [0.3, 0.4) is 0 Å². The second kappa shape index (κ2) is 4.69. The number of rotatable bonds is 0. The zero-order valence-electron chi connectivity index (χ0n) is 12.6. The Labute approximate surface area is 123 Å². The summed E-state index contributed by atoms with van der Waals surface area (Å²) in [6.45, 7) is 6.74. The number of hydrogen-bond donors (Lipinski definition) is 2. The molecule has 1 aliphatic heterocycles. The van der Waals surface area contributed by atoms with Crippen LogP contribution in [0.1, 0.15) is 32.0 Å². The molecule has 0 aliphatic carbocycles. The lowest BCUT2D eigenvalue weighted by Crippen LogP contribution is -2.39. The third-order valence-corrected chi connectivity index (χ3v) is 3.61. The number of nitrogens with one attached hydrogen (secondary N) is 1. The number of fused-ring (bicyclic) bond motifs is 3. The number of carbonyl (C=O) groups is 1. The molecule has 0 saturated heterocycles. The number of H-pyrrole nitrogens is 1. The highest BCUT2D eigenvalue weighted by Crippen LogP contribution is 2.30. The first-order chi connectivity index (χ1) is 9.83. The Morgan fingerprint density at radius 1 is 1.38 bits per heavy atom. The molecule has 0 atom stereocenters. The van der Waals surface area contributed by atoms with Gasteiger partial charge in [0.25, 0.3) is 0 Å². The van der Waals surface area contributed by atoms with Gasteiger partial charge in [-0.2, -0.15) is 0 Å². The van der Waals surface area contributed by atoms with Crippen LogP contribution in [0.2, 0.25) is 0 Å². The normalized spacial score (nSPS) is 15.1. The van der Waals surface area contributed by atoms with Crippen LogP contribution in [0.4, 0.5) is 4.79 Å². The van der Waals surface area contributed by atoms with E-state index in [0.717, 1.165) is 28.6 Å². The number of aromatic amines is 1. The van der Waals surface area contributed by atoms with Crippen molar-refractivity contribution < 1.29 is 14.6 Å². The lowest BCUT2D eigenvalue weighted by atomic mass is 10.0. The van der Waals surface area contributed by atoms with Crippen molar-refractivity contribution in [1.82, 2.24) is 9.88 Å². The molecule has 0 fully saturated rings. The van der Waals surface area contributed by atoms with Crippen LogP contribution in [0.5, 0.6) is 5.75 Å². The number of amides is 1. The van der Waals surface area contributed by atoms with Gasteiger partial charge in [-0.1, -0.05) is 0 Å². The summed E-state index contributed by atoms with van der Waals surface area (Å²) in [6.07, 6.45) is 0.479. The number of phenolic OH excluding ortho intramolecular Hbond substituents is 1. The summed E-state index contributed by atoms with van der Waals surface area (Å²) in [6, 6.07) is 5.26. The summed E-state index contributed by atoms with van der Waals surface area (Å²) in [5.74, 6) is 0.235. The van der Waals surface area contributed by atoms with E-state index in [-0.39, 0.29) is 11.8 Å². The fourth-order valence-electron chi connectivity index (χ4n) is 2.68. The molecule has 112 valence electrons. The lowest BCUT2D eigenvalue weighted by Gasteiger charge is -2.30. The second-order valence-corrected chi connectivity index (χ2v) is 6.46. The molecule has 0 bridgehead atoms. The zero-order chi connectivity index (χ0) is 15.2. The predicted octanol–water partition coefficient (Wildman–Crippen LogP) is 3.17. The predicted molar refractivity (Wildman–Crippen MR) is 80.3 cm³/mol. The number of aromatic nitrogens is 1. The molecule has 1 aromatic carbocycles. The number of hydrogen-bond acceptors (Lipinski definition) is 3. The Kier molecular flexibility index (Phi) is 3.08. The van der Waals surface area contributed by atoms with Crippen LogP contribution < -0.4 is 0 Å². The molecule has 3 rings (SSSR count). The number of phenols is 1. The first kappa shape index (κ1) is 13.8. The van der Waals surface area contributed by atoms with E-state index in [1.807, 2.05) is 26.8 Å². The fraction of sp³-hybridized carbons (Fsp3) is 0.438. The van der Waals surface area contributed by atoms with Gasteiger partial charge in [0.05, 0.1) is 6.54 Å². The fourth-order valence-corrected chi connectivity index (χ4v) is 2.68. The molecule has 2 N–H and O–H groups in total. The molecule has 2 aromatic rings. The van der Waals surface area contributed by atoms with Crippen LogP contribution in [0.25, 0.3) is 10.9 Å². The topological polar surface area (TPSA) is 65.6 Å². The third-order valence-electron chi connectivity index (χ3n) is 3.61. The SMILES string of the molecule is CC(C)(C)OC(=O)N1CCc2[nH]c3ccc(O)cc3c2C1. The molecule has 21 heavy (non-hydrogen) atoms. The zero-order valence-corrected chi connectivity index (χ0v) is 12.6. The van der Waals surface area contributed by atoms with Gasteiger partial charge in [-0.3, -0.25) is 0 Å². The second-order valence-electron chi connectivity index (χ2n) is 6.46. The van der Waals surface area contributed by atoms with Crippen molar-refractivity contribution in [3.8, 4) is 5.75 Å². The quantitative estimate of drug-likeness (QED) is 0.782. The van der Waals surface area contributed by atoms with Crippen LogP contribution in [0, 0.1) is 0 Å². The minimum Gasteiger partial charge on any atom is -0.508 e. The summed E-state index contributed by atoms with van der Waals surface area (Å²) in [5.41, 5.74) is 2.70. The van der Waals surface area contributed by atoms with Crippen LogP contribution in [-0.4, -0.2) is 33.2 Å². The third kappa shape index (κ3) is 2.68. The monoisotopic (exact) mass is 288 g/mol. The van der Waals surface area contributed by atoms with Crippen molar-refractivity contribution in [2.45, 2.75) is 39.3 Å². The smallest absolute Gasteiger partial charge is 0.410 e. The van der Waals surface area contributed by atoms with Crippen molar-refractivity contribution in [3.05, 3.63) is 29.5 Å². The van der Waals surface area contributed by atoms with E-state index in [2.05, 4.69) is 4.98 Å². The summed E-state index contributed by atoms with van der Waals surface area (Å²) >= 11 is 0. The average Bonchev–Trinajstić information content (AvgIpc) is 2.74.